The number of thiazole rings is 1. The molecule has 0 atom stereocenters. The molecule has 3 nitrogen and oxygen atoms in total. The van der Waals surface area contributed by atoms with Gasteiger partial charge in [-0.25, -0.2) is 9.37 Å². The first kappa shape index (κ1) is 10.4. The minimum atomic E-state index is -0.286. The minimum absolute atomic E-state index is 0.286. The Morgan fingerprint density at radius 3 is 2.87 bits per heavy atom. The molecule has 0 fully saturated rings. The first-order chi connectivity index (χ1) is 7.15. The van der Waals surface area contributed by atoms with Gasteiger partial charge in [-0.05, 0) is 34.1 Å². The van der Waals surface area contributed by atoms with Crippen molar-refractivity contribution in [3.05, 3.63) is 34.7 Å². The van der Waals surface area contributed by atoms with Gasteiger partial charge in [-0.1, -0.05) is 11.3 Å². The van der Waals surface area contributed by atoms with Crippen molar-refractivity contribution in [1.82, 2.24) is 4.98 Å². The molecule has 6 heteroatoms. The third-order valence-electron chi connectivity index (χ3n) is 1.70. The van der Waals surface area contributed by atoms with Crippen LogP contribution in [0.25, 0.3) is 0 Å². The van der Waals surface area contributed by atoms with Gasteiger partial charge in [-0.15, -0.1) is 0 Å². The summed E-state index contributed by atoms with van der Waals surface area (Å²) in [5, 5.41) is 4.35. The number of nitrogen functional groups attached to an aromatic ring is 1. The SMILES string of the molecule is Nc1cnc(Nc2ccc(F)cc2Br)s1. The van der Waals surface area contributed by atoms with E-state index in [1.807, 2.05) is 0 Å². The highest BCUT2D eigenvalue weighted by Gasteiger charge is 2.04. The van der Waals surface area contributed by atoms with Crippen molar-refractivity contribution in [2.75, 3.05) is 11.1 Å². The Morgan fingerprint density at radius 1 is 1.47 bits per heavy atom. The highest BCUT2D eigenvalue weighted by molar-refractivity contribution is 9.10. The number of nitrogens with two attached hydrogens (primary N) is 1. The number of benzene rings is 1. The third-order valence-corrected chi connectivity index (χ3v) is 3.09. The molecule has 2 rings (SSSR count). The number of nitrogens with zero attached hydrogens (tertiary/aromatic N) is 1. The van der Waals surface area contributed by atoms with E-state index in [0.717, 1.165) is 5.69 Å². The predicted molar refractivity (Wildman–Crippen MR) is 63.9 cm³/mol. The Labute approximate surface area is 98.3 Å². The number of hydrogen-bond donors (Lipinski definition) is 2. The molecular weight excluding hydrogens is 281 g/mol. The highest BCUT2D eigenvalue weighted by Crippen LogP contribution is 2.29. The van der Waals surface area contributed by atoms with Crippen molar-refractivity contribution in [2.45, 2.75) is 0 Å². The monoisotopic (exact) mass is 287 g/mol. The van der Waals surface area contributed by atoms with Gasteiger partial charge in [0, 0.05) is 4.47 Å². The summed E-state index contributed by atoms with van der Waals surface area (Å²) in [6.45, 7) is 0. The topological polar surface area (TPSA) is 50.9 Å². The molecule has 0 spiro atoms. The van der Waals surface area contributed by atoms with E-state index in [1.165, 1.54) is 23.5 Å². The molecule has 1 aromatic heterocycles. The lowest BCUT2D eigenvalue weighted by Gasteiger charge is -2.04. The number of anilines is 3. The molecule has 0 aliphatic heterocycles. The molecular formula is C9H7BrFN3S. The summed E-state index contributed by atoms with van der Waals surface area (Å²) in [6, 6.07) is 4.40. The first-order valence-electron chi connectivity index (χ1n) is 4.08. The quantitative estimate of drug-likeness (QED) is 0.890. The molecule has 0 unspecified atom stereocenters. The summed E-state index contributed by atoms with van der Waals surface area (Å²) in [5.41, 5.74) is 6.29. The normalized spacial score (nSPS) is 10.3. The van der Waals surface area contributed by atoms with Crippen LogP contribution >= 0.6 is 27.3 Å². The van der Waals surface area contributed by atoms with E-state index >= 15 is 0 Å². The Hall–Kier alpha value is -1.14. The second-order valence-electron chi connectivity index (χ2n) is 2.82. The van der Waals surface area contributed by atoms with E-state index in [-0.39, 0.29) is 5.82 Å². The fraction of sp³-hybridized carbons (Fsp3) is 0. The van der Waals surface area contributed by atoms with Gasteiger partial charge in [0.2, 0.25) is 0 Å². The molecule has 15 heavy (non-hydrogen) atoms. The van der Waals surface area contributed by atoms with Gasteiger partial charge < -0.3 is 11.1 Å². The van der Waals surface area contributed by atoms with Crippen LogP contribution < -0.4 is 11.1 Å². The Kier molecular flexibility index (Phi) is 2.88. The van der Waals surface area contributed by atoms with E-state index in [9.17, 15) is 4.39 Å². The van der Waals surface area contributed by atoms with Crippen molar-refractivity contribution < 1.29 is 4.39 Å². The molecule has 0 amide bonds. The summed E-state index contributed by atoms with van der Waals surface area (Å²) in [4.78, 5) is 4.04. The smallest absolute Gasteiger partial charge is 0.189 e. The van der Waals surface area contributed by atoms with Crippen molar-refractivity contribution in [3.63, 3.8) is 0 Å². The lowest BCUT2D eigenvalue weighted by atomic mass is 10.3. The second kappa shape index (κ2) is 4.16. The first-order valence-corrected chi connectivity index (χ1v) is 5.69. The lowest BCUT2D eigenvalue weighted by molar-refractivity contribution is 0.627. The maximum Gasteiger partial charge on any atom is 0.189 e. The van der Waals surface area contributed by atoms with Gasteiger partial charge in [-0.2, -0.15) is 0 Å². The molecule has 0 radical (unpaired) electrons. The predicted octanol–water partition coefficient (Wildman–Crippen LogP) is 3.37. The molecule has 0 aliphatic rings. The third kappa shape index (κ3) is 2.45. The fourth-order valence-corrected chi connectivity index (χ4v) is 2.10. The minimum Gasteiger partial charge on any atom is -0.389 e. The average molecular weight is 288 g/mol. The van der Waals surface area contributed by atoms with E-state index in [0.29, 0.717) is 14.6 Å². The van der Waals surface area contributed by atoms with Crippen LogP contribution in [-0.2, 0) is 0 Å². The molecule has 78 valence electrons. The van der Waals surface area contributed by atoms with E-state index in [4.69, 9.17) is 5.73 Å². The number of nitrogens with one attached hydrogen (secondary N) is 1. The fourth-order valence-electron chi connectivity index (χ4n) is 1.05. The van der Waals surface area contributed by atoms with Crippen molar-refractivity contribution in [1.29, 1.82) is 0 Å². The summed E-state index contributed by atoms with van der Waals surface area (Å²) < 4.78 is 13.4. The Bertz CT molecular complexity index is 486. The van der Waals surface area contributed by atoms with E-state index in [1.54, 1.807) is 12.3 Å². The lowest BCUT2D eigenvalue weighted by Crippen LogP contribution is -1.90. The molecule has 1 heterocycles. The highest BCUT2D eigenvalue weighted by atomic mass is 79.9. The zero-order chi connectivity index (χ0) is 10.8. The van der Waals surface area contributed by atoms with Gasteiger partial charge in [0.05, 0.1) is 11.9 Å². The number of halogens is 2. The standard InChI is InChI=1S/C9H7BrFN3S/c10-6-3-5(11)1-2-7(6)14-9-13-4-8(12)15-9/h1-4H,12H2,(H,13,14). The summed E-state index contributed by atoms with van der Waals surface area (Å²) >= 11 is 4.59. The van der Waals surface area contributed by atoms with E-state index < -0.39 is 0 Å². The van der Waals surface area contributed by atoms with Crippen molar-refractivity contribution in [3.8, 4) is 0 Å². The molecule has 0 saturated heterocycles. The zero-order valence-electron chi connectivity index (χ0n) is 7.50. The largest absolute Gasteiger partial charge is 0.389 e. The second-order valence-corrected chi connectivity index (χ2v) is 4.73. The van der Waals surface area contributed by atoms with Crippen molar-refractivity contribution in [2.24, 2.45) is 0 Å². The number of rotatable bonds is 2. The summed E-state index contributed by atoms with van der Waals surface area (Å²) in [6.07, 6.45) is 1.57. The molecule has 0 bridgehead atoms. The molecule has 0 saturated carbocycles. The van der Waals surface area contributed by atoms with Crippen LogP contribution in [0.4, 0.5) is 20.2 Å². The van der Waals surface area contributed by atoms with Crippen LogP contribution in [0, 0.1) is 5.82 Å². The van der Waals surface area contributed by atoms with Crippen LogP contribution in [0.2, 0.25) is 0 Å². The molecule has 1 aromatic carbocycles. The van der Waals surface area contributed by atoms with Crippen LogP contribution in [-0.4, -0.2) is 4.98 Å². The van der Waals surface area contributed by atoms with Crippen molar-refractivity contribution >= 4 is 43.1 Å². The Balaban J connectivity index is 2.24. The number of aromatic nitrogens is 1. The Morgan fingerprint density at radius 2 is 2.27 bits per heavy atom. The maximum absolute atomic E-state index is 12.8. The summed E-state index contributed by atoms with van der Waals surface area (Å²) in [7, 11) is 0. The molecule has 3 N–H and O–H groups in total. The summed E-state index contributed by atoms with van der Waals surface area (Å²) in [5.74, 6) is -0.286. The molecule has 2 aromatic rings. The van der Waals surface area contributed by atoms with Gasteiger partial charge in [-0.3, -0.25) is 0 Å². The zero-order valence-corrected chi connectivity index (χ0v) is 9.90. The molecule has 0 aliphatic carbocycles. The average Bonchev–Trinajstić information content (AvgIpc) is 2.56. The van der Waals surface area contributed by atoms with Gasteiger partial charge in [0.1, 0.15) is 10.8 Å². The van der Waals surface area contributed by atoms with Gasteiger partial charge in [0.15, 0.2) is 5.13 Å². The van der Waals surface area contributed by atoms with E-state index in [2.05, 4.69) is 26.2 Å². The van der Waals surface area contributed by atoms with Crippen LogP contribution in [0.15, 0.2) is 28.9 Å². The van der Waals surface area contributed by atoms with Crippen LogP contribution in [0.1, 0.15) is 0 Å². The van der Waals surface area contributed by atoms with Crippen LogP contribution in [0.5, 0.6) is 0 Å². The van der Waals surface area contributed by atoms with Gasteiger partial charge in [0.25, 0.3) is 0 Å². The number of hydrogen-bond acceptors (Lipinski definition) is 4. The van der Waals surface area contributed by atoms with Crippen LogP contribution in [0.3, 0.4) is 0 Å². The van der Waals surface area contributed by atoms with Gasteiger partial charge >= 0.3 is 0 Å². The maximum atomic E-state index is 12.8.